The number of nitro benzene ring substituents is 1. The fourth-order valence-corrected chi connectivity index (χ4v) is 2.10. The Bertz CT molecular complexity index is 679. The summed E-state index contributed by atoms with van der Waals surface area (Å²) in [6.07, 6.45) is 0. The van der Waals surface area contributed by atoms with Crippen molar-refractivity contribution >= 4 is 11.5 Å². The van der Waals surface area contributed by atoms with E-state index in [1.54, 1.807) is 20.9 Å². The van der Waals surface area contributed by atoms with E-state index in [2.05, 4.69) is 5.10 Å². The van der Waals surface area contributed by atoms with Gasteiger partial charge in [-0.3, -0.25) is 14.8 Å². The highest BCUT2D eigenvalue weighted by molar-refractivity contribution is 5.83. The first-order chi connectivity index (χ1) is 8.82. The lowest BCUT2D eigenvalue weighted by Crippen LogP contribution is -2.01. The Balaban J connectivity index is 2.85. The maximum atomic E-state index is 14.1. The van der Waals surface area contributed by atoms with Crippen LogP contribution in [0.4, 0.5) is 15.9 Å². The number of rotatable bonds is 2. The molecule has 0 radical (unpaired) electrons. The normalized spacial score (nSPS) is 10.7. The maximum absolute atomic E-state index is 14.1. The number of hydrogen-bond acceptors (Lipinski definition) is 4. The summed E-state index contributed by atoms with van der Waals surface area (Å²) < 4.78 is 15.5. The zero-order chi connectivity index (χ0) is 14.3. The van der Waals surface area contributed by atoms with Crippen molar-refractivity contribution in [3.05, 3.63) is 39.3 Å². The van der Waals surface area contributed by atoms with Crippen molar-refractivity contribution in [3.8, 4) is 11.1 Å². The summed E-state index contributed by atoms with van der Waals surface area (Å²) in [5, 5.41) is 15.2. The van der Waals surface area contributed by atoms with E-state index in [0.717, 1.165) is 0 Å². The van der Waals surface area contributed by atoms with Gasteiger partial charge in [0.2, 0.25) is 0 Å². The van der Waals surface area contributed by atoms with Crippen molar-refractivity contribution in [1.29, 1.82) is 0 Å². The van der Waals surface area contributed by atoms with Crippen molar-refractivity contribution in [1.82, 2.24) is 9.78 Å². The zero-order valence-corrected chi connectivity index (χ0v) is 10.8. The molecule has 0 aliphatic carbocycles. The Morgan fingerprint density at radius 2 is 2.00 bits per heavy atom. The average molecular weight is 264 g/mol. The Morgan fingerprint density at radius 3 is 2.47 bits per heavy atom. The molecule has 0 spiro atoms. The van der Waals surface area contributed by atoms with Crippen LogP contribution in [0.1, 0.15) is 11.3 Å². The molecular weight excluding hydrogens is 251 g/mol. The second-order valence-corrected chi connectivity index (χ2v) is 4.37. The molecule has 2 N–H and O–H groups in total. The predicted octanol–water partition coefficient (Wildman–Crippen LogP) is 2.33. The molecule has 1 heterocycles. The molecule has 0 unspecified atom stereocenters. The van der Waals surface area contributed by atoms with E-state index in [9.17, 15) is 14.5 Å². The third-order valence-corrected chi connectivity index (χ3v) is 2.93. The second-order valence-electron chi connectivity index (χ2n) is 4.37. The first-order valence-corrected chi connectivity index (χ1v) is 5.57. The van der Waals surface area contributed by atoms with Gasteiger partial charge in [0.1, 0.15) is 17.2 Å². The summed E-state index contributed by atoms with van der Waals surface area (Å²) in [4.78, 5) is 10.5. The van der Waals surface area contributed by atoms with Gasteiger partial charge in [0.25, 0.3) is 5.69 Å². The van der Waals surface area contributed by atoms with Gasteiger partial charge in [-0.15, -0.1) is 0 Å². The lowest BCUT2D eigenvalue weighted by Gasteiger charge is -2.06. The van der Waals surface area contributed by atoms with Crippen LogP contribution in [0.2, 0.25) is 0 Å². The highest BCUT2D eigenvalue weighted by Crippen LogP contribution is 2.38. The molecule has 0 saturated carbocycles. The molecule has 1 aromatic carbocycles. The molecule has 0 aliphatic rings. The van der Waals surface area contributed by atoms with E-state index in [4.69, 9.17) is 5.73 Å². The number of nitrogens with two attached hydrogens (primary N) is 1. The van der Waals surface area contributed by atoms with Crippen molar-refractivity contribution in [2.75, 3.05) is 5.73 Å². The Morgan fingerprint density at radius 1 is 1.37 bits per heavy atom. The van der Waals surface area contributed by atoms with Gasteiger partial charge in [0.15, 0.2) is 0 Å². The van der Waals surface area contributed by atoms with Crippen molar-refractivity contribution < 1.29 is 9.31 Å². The smallest absolute Gasteiger partial charge is 0.280 e. The van der Waals surface area contributed by atoms with Gasteiger partial charge in [-0.2, -0.15) is 5.10 Å². The lowest BCUT2D eigenvalue weighted by atomic mass is 10.0. The number of hydrogen-bond donors (Lipinski definition) is 1. The molecule has 1 aromatic heterocycles. The van der Waals surface area contributed by atoms with Crippen LogP contribution in [0.5, 0.6) is 0 Å². The van der Waals surface area contributed by atoms with Gasteiger partial charge in [-0.05, 0) is 25.5 Å². The number of nitrogen functional groups attached to an aromatic ring is 1. The van der Waals surface area contributed by atoms with Gasteiger partial charge >= 0.3 is 0 Å². The van der Waals surface area contributed by atoms with Crippen molar-refractivity contribution in [3.63, 3.8) is 0 Å². The Labute approximate surface area is 108 Å². The van der Waals surface area contributed by atoms with E-state index in [1.165, 1.54) is 16.8 Å². The molecule has 100 valence electrons. The van der Waals surface area contributed by atoms with Crippen LogP contribution in [0.25, 0.3) is 11.1 Å². The summed E-state index contributed by atoms with van der Waals surface area (Å²) >= 11 is 0. The molecule has 0 amide bonds. The van der Waals surface area contributed by atoms with Crippen LogP contribution in [-0.4, -0.2) is 14.7 Å². The molecule has 0 saturated heterocycles. The molecule has 0 bridgehead atoms. The van der Waals surface area contributed by atoms with E-state index < -0.39 is 10.7 Å². The summed E-state index contributed by atoms with van der Waals surface area (Å²) in [7, 11) is 1.60. The number of aromatic nitrogens is 2. The molecule has 0 fully saturated rings. The van der Waals surface area contributed by atoms with Crippen LogP contribution in [-0.2, 0) is 7.05 Å². The van der Waals surface area contributed by atoms with Gasteiger partial charge in [-0.1, -0.05) is 0 Å². The van der Waals surface area contributed by atoms with E-state index >= 15 is 0 Å². The lowest BCUT2D eigenvalue weighted by molar-refractivity contribution is -0.384. The van der Waals surface area contributed by atoms with Gasteiger partial charge in [-0.25, -0.2) is 4.39 Å². The van der Waals surface area contributed by atoms with Crippen LogP contribution in [0.3, 0.4) is 0 Å². The quantitative estimate of drug-likeness (QED) is 0.666. The number of aryl methyl sites for hydroxylation is 3. The number of nitrogens with zero attached hydrogens (tertiary/aromatic N) is 3. The average Bonchev–Trinajstić information content (AvgIpc) is 2.53. The summed E-state index contributed by atoms with van der Waals surface area (Å²) in [5.41, 5.74) is 6.60. The standard InChI is InChI=1S/C12H13FN4O2/c1-6-4-8(13)11(9(5-6)17(18)19)10-7(2)15-16(3)12(10)14/h4-5H,14H2,1-3H3. The number of anilines is 1. The highest BCUT2D eigenvalue weighted by Gasteiger charge is 2.26. The minimum Gasteiger partial charge on any atom is -0.383 e. The molecule has 2 aromatic rings. The second kappa shape index (κ2) is 4.34. The van der Waals surface area contributed by atoms with Crippen molar-refractivity contribution in [2.45, 2.75) is 13.8 Å². The Kier molecular flexibility index (Phi) is 2.97. The SMILES string of the molecule is Cc1cc(F)c(-c2c(C)nn(C)c2N)c([N+](=O)[O-])c1. The van der Waals surface area contributed by atoms with Gasteiger partial charge < -0.3 is 5.73 Å². The van der Waals surface area contributed by atoms with Crippen LogP contribution >= 0.6 is 0 Å². The topological polar surface area (TPSA) is 87.0 Å². The largest absolute Gasteiger partial charge is 0.383 e. The van der Waals surface area contributed by atoms with Crippen molar-refractivity contribution in [2.24, 2.45) is 7.05 Å². The predicted molar refractivity (Wildman–Crippen MR) is 69.1 cm³/mol. The van der Waals surface area contributed by atoms with Crippen LogP contribution < -0.4 is 5.73 Å². The minimum atomic E-state index is -0.672. The fourth-order valence-electron chi connectivity index (χ4n) is 2.10. The van der Waals surface area contributed by atoms with Crippen LogP contribution in [0, 0.1) is 29.8 Å². The van der Waals surface area contributed by atoms with E-state index in [1.807, 2.05) is 0 Å². The fraction of sp³-hybridized carbons (Fsp3) is 0.250. The third kappa shape index (κ3) is 2.03. The van der Waals surface area contributed by atoms with Gasteiger partial charge in [0, 0.05) is 13.1 Å². The van der Waals surface area contributed by atoms with E-state index in [-0.39, 0.29) is 22.6 Å². The molecule has 7 heteroatoms. The number of halogens is 1. The number of benzene rings is 1. The molecule has 0 aliphatic heterocycles. The first-order valence-electron chi connectivity index (χ1n) is 5.57. The van der Waals surface area contributed by atoms with Crippen LogP contribution in [0.15, 0.2) is 12.1 Å². The molecule has 6 nitrogen and oxygen atoms in total. The summed E-state index contributed by atoms with van der Waals surface area (Å²) in [6, 6.07) is 2.57. The first kappa shape index (κ1) is 13.0. The molecule has 0 atom stereocenters. The highest BCUT2D eigenvalue weighted by atomic mass is 19.1. The molecule has 19 heavy (non-hydrogen) atoms. The van der Waals surface area contributed by atoms with Gasteiger partial charge in [0.05, 0.1) is 16.2 Å². The summed E-state index contributed by atoms with van der Waals surface area (Å²) in [6.45, 7) is 3.23. The summed E-state index contributed by atoms with van der Waals surface area (Å²) in [5.74, 6) is -0.474. The monoisotopic (exact) mass is 264 g/mol. The maximum Gasteiger partial charge on any atom is 0.280 e. The third-order valence-electron chi connectivity index (χ3n) is 2.93. The molecule has 2 rings (SSSR count). The van der Waals surface area contributed by atoms with E-state index in [0.29, 0.717) is 11.3 Å². The zero-order valence-electron chi connectivity index (χ0n) is 10.8. The number of nitro groups is 1. The Hall–Kier alpha value is -2.44. The molecular formula is C12H13FN4O2. The minimum absolute atomic E-state index is 0.112.